The summed E-state index contributed by atoms with van der Waals surface area (Å²) in [5, 5.41) is 3.33. The molecule has 1 fully saturated rings. The van der Waals surface area contributed by atoms with Crippen molar-refractivity contribution in [1.29, 1.82) is 0 Å². The number of hydrogen-bond acceptors (Lipinski definition) is 3. The summed E-state index contributed by atoms with van der Waals surface area (Å²) in [5.41, 5.74) is -0.708. The van der Waals surface area contributed by atoms with Crippen LogP contribution in [-0.2, 0) is 9.59 Å². The highest BCUT2D eigenvalue weighted by Gasteiger charge is 2.49. The molecule has 1 aliphatic rings. The number of hydrogen-bond donors (Lipinski definition) is 1. The van der Waals surface area contributed by atoms with Crippen molar-refractivity contribution in [1.82, 2.24) is 10.2 Å². The first-order chi connectivity index (χ1) is 9.32. The molecule has 0 aromatic rings. The Labute approximate surface area is 127 Å². The van der Waals surface area contributed by atoms with Gasteiger partial charge in [-0.05, 0) is 25.0 Å². The Balaban J connectivity index is 3.13. The minimum absolute atomic E-state index is 0.00315. The summed E-state index contributed by atoms with van der Waals surface area (Å²) in [6.45, 7) is 10.7. The van der Waals surface area contributed by atoms with Gasteiger partial charge in [-0.3, -0.25) is 9.59 Å². The minimum atomic E-state index is -0.708. The lowest BCUT2D eigenvalue weighted by Gasteiger charge is -2.47. The normalized spacial score (nSPS) is 23.9. The SMILES string of the molecule is CCC1(CC)NC(=O)C(C(C)C)N(CC(C)SC)C1=O. The van der Waals surface area contributed by atoms with E-state index in [1.165, 1.54) is 0 Å². The zero-order valence-corrected chi connectivity index (χ0v) is 14.3. The monoisotopic (exact) mass is 300 g/mol. The van der Waals surface area contributed by atoms with Gasteiger partial charge in [0.25, 0.3) is 0 Å². The number of thioether (sulfide) groups is 1. The number of nitrogens with one attached hydrogen (secondary N) is 1. The van der Waals surface area contributed by atoms with Crippen LogP contribution in [0.1, 0.15) is 47.5 Å². The van der Waals surface area contributed by atoms with E-state index in [1.807, 2.05) is 38.9 Å². The van der Waals surface area contributed by atoms with Crippen molar-refractivity contribution in [3.63, 3.8) is 0 Å². The first-order valence-electron chi connectivity index (χ1n) is 7.48. The maximum Gasteiger partial charge on any atom is 0.249 e. The van der Waals surface area contributed by atoms with Crippen molar-refractivity contribution >= 4 is 23.6 Å². The zero-order valence-electron chi connectivity index (χ0n) is 13.5. The summed E-state index contributed by atoms with van der Waals surface area (Å²) >= 11 is 1.73. The highest BCUT2D eigenvalue weighted by atomic mass is 32.2. The molecule has 20 heavy (non-hydrogen) atoms. The van der Waals surface area contributed by atoms with Gasteiger partial charge in [0, 0.05) is 11.8 Å². The lowest BCUT2D eigenvalue weighted by Crippen LogP contribution is -2.71. The number of carbonyl (C=O) groups is 2. The fourth-order valence-electron chi connectivity index (χ4n) is 2.85. The summed E-state index contributed by atoms with van der Waals surface area (Å²) < 4.78 is 0. The van der Waals surface area contributed by atoms with Crippen LogP contribution in [0.25, 0.3) is 0 Å². The molecular weight excluding hydrogens is 272 g/mol. The van der Waals surface area contributed by atoms with Crippen LogP contribution in [0, 0.1) is 5.92 Å². The van der Waals surface area contributed by atoms with E-state index < -0.39 is 5.54 Å². The van der Waals surface area contributed by atoms with Gasteiger partial charge in [-0.15, -0.1) is 0 Å². The predicted octanol–water partition coefficient (Wildman–Crippen LogP) is 2.28. The Morgan fingerprint density at radius 2 is 1.80 bits per heavy atom. The maximum absolute atomic E-state index is 12.9. The van der Waals surface area contributed by atoms with Crippen LogP contribution in [0.2, 0.25) is 0 Å². The molecule has 4 nitrogen and oxygen atoms in total. The first kappa shape index (κ1) is 17.3. The van der Waals surface area contributed by atoms with Crippen LogP contribution in [0.4, 0.5) is 0 Å². The van der Waals surface area contributed by atoms with Gasteiger partial charge in [-0.1, -0.05) is 34.6 Å². The van der Waals surface area contributed by atoms with E-state index in [-0.39, 0.29) is 23.8 Å². The summed E-state index contributed by atoms with van der Waals surface area (Å²) in [4.78, 5) is 27.2. The van der Waals surface area contributed by atoms with Gasteiger partial charge in [0.15, 0.2) is 0 Å². The fourth-order valence-corrected chi connectivity index (χ4v) is 3.16. The Hall–Kier alpha value is -0.710. The molecule has 1 saturated heterocycles. The summed E-state index contributed by atoms with van der Waals surface area (Å²) in [6.07, 6.45) is 3.32. The van der Waals surface area contributed by atoms with Gasteiger partial charge in [-0.25, -0.2) is 0 Å². The third-order valence-electron chi connectivity index (χ3n) is 4.33. The summed E-state index contributed by atoms with van der Waals surface area (Å²) in [6, 6.07) is -0.344. The Morgan fingerprint density at radius 3 is 2.20 bits per heavy atom. The fraction of sp³-hybridized carbons (Fsp3) is 0.867. The summed E-state index contributed by atoms with van der Waals surface area (Å²) in [5.74, 6) is 0.207. The van der Waals surface area contributed by atoms with Crippen molar-refractivity contribution in [2.45, 2.75) is 64.3 Å². The van der Waals surface area contributed by atoms with E-state index in [2.05, 4.69) is 12.2 Å². The van der Waals surface area contributed by atoms with Crippen molar-refractivity contribution in [2.75, 3.05) is 12.8 Å². The van der Waals surface area contributed by atoms with Crippen LogP contribution >= 0.6 is 11.8 Å². The van der Waals surface area contributed by atoms with Gasteiger partial charge in [0.1, 0.15) is 11.6 Å². The van der Waals surface area contributed by atoms with Gasteiger partial charge in [0.05, 0.1) is 0 Å². The van der Waals surface area contributed by atoms with Gasteiger partial charge in [-0.2, -0.15) is 11.8 Å². The molecule has 116 valence electrons. The van der Waals surface area contributed by atoms with E-state index in [1.54, 1.807) is 11.8 Å². The zero-order chi connectivity index (χ0) is 15.5. The molecule has 0 bridgehead atoms. The molecule has 0 aromatic heterocycles. The van der Waals surface area contributed by atoms with Crippen molar-refractivity contribution in [3.05, 3.63) is 0 Å². The van der Waals surface area contributed by atoms with Crippen molar-refractivity contribution in [3.8, 4) is 0 Å². The average Bonchev–Trinajstić information content (AvgIpc) is 2.41. The molecule has 5 heteroatoms. The molecule has 0 radical (unpaired) electrons. The van der Waals surface area contributed by atoms with Gasteiger partial charge < -0.3 is 10.2 Å². The molecule has 1 aliphatic heterocycles. The van der Waals surface area contributed by atoms with Crippen LogP contribution < -0.4 is 5.32 Å². The van der Waals surface area contributed by atoms with Gasteiger partial charge >= 0.3 is 0 Å². The molecule has 1 N–H and O–H groups in total. The predicted molar refractivity (Wildman–Crippen MR) is 84.8 cm³/mol. The van der Waals surface area contributed by atoms with Crippen molar-refractivity contribution in [2.24, 2.45) is 5.92 Å². The molecule has 0 saturated carbocycles. The molecule has 0 aromatic carbocycles. The Kier molecular flexibility index (Phi) is 5.92. The second-order valence-electron chi connectivity index (χ2n) is 5.97. The molecule has 2 atom stereocenters. The standard InChI is InChI=1S/C15H28N2O2S/c1-7-15(8-2)14(19)17(9-11(5)20-6)12(10(3)4)13(18)16-15/h10-12H,7-9H2,1-6H3,(H,16,18). The van der Waals surface area contributed by atoms with E-state index in [0.717, 1.165) is 0 Å². The molecular formula is C15H28N2O2S. The number of amides is 2. The minimum Gasteiger partial charge on any atom is -0.340 e. The number of nitrogens with zero attached hydrogens (tertiary/aromatic N) is 1. The van der Waals surface area contributed by atoms with E-state index >= 15 is 0 Å². The van der Waals surface area contributed by atoms with E-state index in [9.17, 15) is 9.59 Å². The lowest BCUT2D eigenvalue weighted by molar-refractivity contribution is -0.157. The first-order valence-corrected chi connectivity index (χ1v) is 8.77. The highest BCUT2D eigenvalue weighted by Crippen LogP contribution is 2.28. The number of piperazine rings is 1. The lowest BCUT2D eigenvalue weighted by atomic mass is 9.85. The smallest absolute Gasteiger partial charge is 0.249 e. The second kappa shape index (κ2) is 6.83. The Morgan fingerprint density at radius 1 is 1.25 bits per heavy atom. The number of carbonyl (C=O) groups excluding carboxylic acids is 2. The maximum atomic E-state index is 12.9. The molecule has 2 amide bonds. The van der Waals surface area contributed by atoms with Gasteiger partial charge in [0.2, 0.25) is 11.8 Å². The van der Waals surface area contributed by atoms with Crippen LogP contribution in [-0.4, -0.2) is 46.3 Å². The third kappa shape index (κ3) is 3.13. The Bertz CT molecular complexity index is 367. The molecule has 1 heterocycles. The quantitative estimate of drug-likeness (QED) is 0.819. The van der Waals surface area contributed by atoms with Crippen LogP contribution in [0.5, 0.6) is 0 Å². The van der Waals surface area contributed by atoms with E-state index in [4.69, 9.17) is 0 Å². The molecule has 0 aliphatic carbocycles. The highest BCUT2D eigenvalue weighted by molar-refractivity contribution is 7.99. The second-order valence-corrected chi connectivity index (χ2v) is 7.25. The van der Waals surface area contributed by atoms with E-state index in [0.29, 0.717) is 24.6 Å². The topological polar surface area (TPSA) is 49.4 Å². The molecule has 2 unspecified atom stereocenters. The largest absolute Gasteiger partial charge is 0.340 e. The number of rotatable bonds is 6. The van der Waals surface area contributed by atoms with Crippen LogP contribution in [0.15, 0.2) is 0 Å². The molecule has 0 spiro atoms. The third-order valence-corrected chi connectivity index (χ3v) is 5.29. The molecule has 1 rings (SSSR count). The van der Waals surface area contributed by atoms with Crippen molar-refractivity contribution < 1.29 is 9.59 Å². The average molecular weight is 300 g/mol. The summed E-state index contributed by atoms with van der Waals surface area (Å²) in [7, 11) is 0. The van der Waals surface area contributed by atoms with Crippen LogP contribution in [0.3, 0.4) is 0 Å².